The summed E-state index contributed by atoms with van der Waals surface area (Å²) in [5.41, 5.74) is 0.457. The summed E-state index contributed by atoms with van der Waals surface area (Å²) in [5, 5.41) is 10.7. The highest BCUT2D eigenvalue weighted by Crippen LogP contribution is 2.33. The van der Waals surface area contributed by atoms with Crippen LogP contribution >= 0.6 is 23.4 Å². The van der Waals surface area contributed by atoms with Crippen molar-refractivity contribution < 1.29 is 33.3 Å². The summed E-state index contributed by atoms with van der Waals surface area (Å²) in [4.78, 5) is 35.0. The zero-order valence-corrected chi connectivity index (χ0v) is 18.7. The summed E-state index contributed by atoms with van der Waals surface area (Å²) >= 11 is 7.21. The number of halogens is 1. The van der Waals surface area contributed by atoms with E-state index in [-0.39, 0.29) is 27.5 Å². The maximum atomic E-state index is 11.8. The Kier molecular flexibility index (Phi) is 8.88. The van der Waals surface area contributed by atoms with Crippen molar-refractivity contribution in [1.82, 2.24) is 5.32 Å². The quantitative estimate of drug-likeness (QED) is 0.266. The van der Waals surface area contributed by atoms with Gasteiger partial charge in [0.1, 0.15) is 0 Å². The number of rotatable bonds is 8. The van der Waals surface area contributed by atoms with E-state index in [1.54, 1.807) is 19.9 Å². The number of hydrogen-bond donors (Lipinski definition) is 1. The van der Waals surface area contributed by atoms with Crippen molar-refractivity contribution in [2.45, 2.75) is 20.0 Å². The van der Waals surface area contributed by atoms with E-state index in [1.165, 1.54) is 26.5 Å². The van der Waals surface area contributed by atoms with Crippen molar-refractivity contribution in [2.75, 3.05) is 20.8 Å². The molecule has 1 aromatic carbocycles. The number of hydrogen-bond acceptors (Lipinski definition) is 10. The van der Waals surface area contributed by atoms with Gasteiger partial charge < -0.3 is 18.9 Å². The second-order valence-corrected chi connectivity index (χ2v) is 7.21. The molecule has 2 rings (SSSR count). The van der Waals surface area contributed by atoms with Crippen LogP contribution in [0, 0.1) is 0 Å². The predicted octanol–water partition coefficient (Wildman–Crippen LogP) is 2.29. The smallest absolute Gasteiger partial charge is 0.347 e. The van der Waals surface area contributed by atoms with Gasteiger partial charge in [0.05, 0.1) is 37.0 Å². The van der Waals surface area contributed by atoms with E-state index in [4.69, 9.17) is 25.8 Å². The fourth-order valence-electron chi connectivity index (χ4n) is 2.18. The molecule has 1 heterocycles. The fraction of sp³-hybridized carbons (Fsp3) is 0.316. The third-order valence-electron chi connectivity index (χ3n) is 3.65. The number of thioether (sulfide) groups is 1. The number of amidine groups is 1. The van der Waals surface area contributed by atoms with Gasteiger partial charge in [-0.05, 0) is 31.7 Å². The minimum absolute atomic E-state index is 0.137. The van der Waals surface area contributed by atoms with Gasteiger partial charge in [0.2, 0.25) is 0 Å². The lowest BCUT2D eigenvalue weighted by molar-refractivity contribution is -0.150. The Morgan fingerprint density at radius 1 is 1.29 bits per heavy atom. The molecule has 0 aromatic heterocycles. The normalized spacial score (nSPS) is 17.0. The number of benzene rings is 1. The molecule has 1 atom stereocenters. The number of carbonyl (C=O) groups is 3. The van der Waals surface area contributed by atoms with Gasteiger partial charge in [-0.15, -0.1) is 5.10 Å². The van der Waals surface area contributed by atoms with Crippen LogP contribution in [0.5, 0.6) is 11.5 Å². The average Bonchev–Trinajstić information content (AvgIpc) is 3.08. The van der Waals surface area contributed by atoms with E-state index >= 15 is 0 Å². The molecule has 0 spiro atoms. The number of nitrogens with zero attached hydrogens (tertiary/aromatic N) is 2. The topological polar surface area (TPSA) is 125 Å². The monoisotopic (exact) mass is 469 g/mol. The van der Waals surface area contributed by atoms with Crippen molar-refractivity contribution in [3.8, 4) is 11.5 Å². The third-order valence-corrected chi connectivity index (χ3v) is 4.88. The van der Waals surface area contributed by atoms with Gasteiger partial charge in [0.15, 0.2) is 22.8 Å². The molecular formula is C19H20ClN3O7S. The molecule has 12 heteroatoms. The van der Waals surface area contributed by atoms with Crippen molar-refractivity contribution in [3.63, 3.8) is 0 Å². The Hall–Kier alpha value is -3.05. The largest absolute Gasteiger partial charge is 0.493 e. The first kappa shape index (κ1) is 24.2. The van der Waals surface area contributed by atoms with Crippen molar-refractivity contribution in [3.05, 3.63) is 33.7 Å². The van der Waals surface area contributed by atoms with E-state index in [0.29, 0.717) is 11.3 Å². The van der Waals surface area contributed by atoms with Crippen LogP contribution in [-0.4, -0.2) is 56.2 Å². The molecular weight excluding hydrogens is 450 g/mol. The minimum Gasteiger partial charge on any atom is -0.493 e. The van der Waals surface area contributed by atoms with Crippen LogP contribution in [-0.2, 0) is 23.9 Å². The van der Waals surface area contributed by atoms with Crippen LogP contribution in [0.15, 0.2) is 33.3 Å². The Bertz CT molecular complexity index is 962. The molecule has 31 heavy (non-hydrogen) atoms. The summed E-state index contributed by atoms with van der Waals surface area (Å²) in [6.45, 7) is 3.49. The van der Waals surface area contributed by atoms with Crippen LogP contribution in [0.25, 0.3) is 0 Å². The zero-order valence-electron chi connectivity index (χ0n) is 17.1. The molecule has 1 N–H and O–H groups in total. The van der Waals surface area contributed by atoms with Gasteiger partial charge in [-0.1, -0.05) is 11.6 Å². The summed E-state index contributed by atoms with van der Waals surface area (Å²) in [7, 11) is 2.65. The Labute approximate surface area is 187 Å². The fourth-order valence-corrected chi connectivity index (χ4v) is 3.13. The SMILES string of the molecule is CCOC(=O)C(C)Oc1cc(Cl)c(C=N/N=C2/NC(=O)/C(=C\C(=O)OC)S2)cc1OC. The lowest BCUT2D eigenvalue weighted by atomic mass is 10.2. The van der Waals surface area contributed by atoms with Crippen LogP contribution in [0.4, 0.5) is 0 Å². The zero-order chi connectivity index (χ0) is 23.0. The van der Waals surface area contributed by atoms with Gasteiger partial charge in [-0.3, -0.25) is 10.1 Å². The molecule has 166 valence electrons. The molecule has 0 bridgehead atoms. The Morgan fingerprint density at radius 2 is 2.03 bits per heavy atom. The van der Waals surface area contributed by atoms with Crippen LogP contribution in [0.2, 0.25) is 5.02 Å². The number of amides is 1. The van der Waals surface area contributed by atoms with Crippen LogP contribution in [0.3, 0.4) is 0 Å². The minimum atomic E-state index is -0.855. The lowest BCUT2D eigenvalue weighted by Crippen LogP contribution is -2.26. The first-order valence-corrected chi connectivity index (χ1v) is 10.1. The molecule has 1 saturated heterocycles. The highest BCUT2D eigenvalue weighted by atomic mass is 35.5. The number of methoxy groups -OCH3 is 2. The van der Waals surface area contributed by atoms with E-state index in [1.807, 2.05) is 0 Å². The molecule has 1 unspecified atom stereocenters. The van der Waals surface area contributed by atoms with Crippen molar-refractivity contribution in [1.29, 1.82) is 0 Å². The van der Waals surface area contributed by atoms with Crippen molar-refractivity contribution >= 4 is 52.6 Å². The molecule has 1 fully saturated rings. The second kappa shape index (κ2) is 11.4. The number of nitrogens with one attached hydrogen (secondary N) is 1. The summed E-state index contributed by atoms with van der Waals surface area (Å²) < 4.78 is 20.3. The first-order chi connectivity index (χ1) is 14.8. The standard InChI is InChI=1S/C19H20ClN3O7S/c1-5-29-18(26)10(2)30-14-7-12(20)11(6-13(14)27-3)9-21-23-19-22-17(25)15(31-19)8-16(24)28-4/h6-10H,5H2,1-4H3,(H,22,23,25)/b15-8+,21-9?. The average molecular weight is 470 g/mol. The van der Waals surface area contributed by atoms with Gasteiger partial charge in [-0.2, -0.15) is 5.10 Å². The van der Waals surface area contributed by atoms with Gasteiger partial charge in [-0.25, -0.2) is 9.59 Å². The highest BCUT2D eigenvalue weighted by Gasteiger charge is 2.25. The van der Waals surface area contributed by atoms with Crippen LogP contribution < -0.4 is 14.8 Å². The highest BCUT2D eigenvalue weighted by molar-refractivity contribution is 8.18. The van der Waals surface area contributed by atoms with Crippen LogP contribution in [0.1, 0.15) is 19.4 Å². The molecule has 1 aromatic rings. The molecule has 1 aliphatic rings. The molecule has 0 saturated carbocycles. The Balaban J connectivity index is 2.15. The number of carbonyl (C=O) groups excluding carboxylic acids is 3. The maximum absolute atomic E-state index is 11.8. The first-order valence-electron chi connectivity index (χ1n) is 8.89. The summed E-state index contributed by atoms with van der Waals surface area (Å²) in [6.07, 6.45) is 1.56. The molecule has 1 amide bonds. The van der Waals surface area contributed by atoms with E-state index in [0.717, 1.165) is 17.8 Å². The lowest BCUT2D eigenvalue weighted by Gasteiger charge is -2.16. The second-order valence-electron chi connectivity index (χ2n) is 5.77. The molecule has 0 radical (unpaired) electrons. The van der Waals surface area contributed by atoms with Gasteiger partial charge in [0.25, 0.3) is 5.91 Å². The molecule has 1 aliphatic heterocycles. The maximum Gasteiger partial charge on any atom is 0.347 e. The summed E-state index contributed by atoms with van der Waals surface area (Å²) in [5.74, 6) is -1.07. The summed E-state index contributed by atoms with van der Waals surface area (Å²) in [6, 6.07) is 3.04. The van der Waals surface area contributed by atoms with E-state index < -0.39 is 23.9 Å². The van der Waals surface area contributed by atoms with Gasteiger partial charge in [0, 0.05) is 17.7 Å². The third kappa shape index (κ3) is 6.72. The van der Waals surface area contributed by atoms with Crippen molar-refractivity contribution in [2.24, 2.45) is 10.2 Å². The molecule has 0 aliphatic carbocycles. The van der Waals surface area contributed by atoms with Gasteiger partial charge >= 0.3 is 11.9 Å². The van der Waals surface area contributed by atoms with E-state index in [9.17, 15) is 14.4 Å². The predicted molar refractivity (Wildman–Crippen MR) is 116 cm³/mol. The molecule has 10 nitrogen and oxygen atoms in total. The number of ether oxygens (including phenoxy) is 4. The Morgan fingerprint density at radius 3 is 2.68 bits per heavy atom. The number of esters is 2. The van der Waals surface area contributed by atoms with E-state index in [2.05, 4.69) is 20.3 Å².